The zero-order valence-corrected chi connectivity index (χ0v) is 13.1. The maximum atomic E-state index is 11.9. The van der Waals surface area contributed by atoms with E-state index in [9.17, 15) is 4.79 Å². The quantitative estimate of drug-likeness (QED) is 0.788. The Bertz CT molecular complexity index is 472. The molecule has 1 aliphatic carbocycles. The van der Waals surface area contributed by atoms with E-state index < -0.39 is 0 Å². The summed E-state index contributed by atoms with van der Waals surface area (Å²) in [6, 6.07) is 6.06. The van der Waals surface area contributed by atoms with Gasteiger partial charge in [-0.3, -0.25) is 0 Å². The van der Waals surface area contributed by atoms with Gasteiger partial charge in [0, 0.05) is 18.8 Å². The Morgan fingerprint density at radius 3 is 2.90 bits per heavy atom. The second kappa shape index (κ2) is 8.03. The molecule has 0 saturated carbocycles. The molecule has 4 heteroatoms. The predicted molar refractivity (Wildman–Crippen MR) is 85.8 cm³/mol. The lowest BCUT2D eigenvalue weighted by molar-refractivity contribution is 0.0775. The van der Waals surface area contributed by atoms with E-state index in [1.165, 1.54) is 24.0 Å². The zero-order chi connectivity index (χ0) is 15.1. The van der Waals surface area contributed by atoms with E-state index in [4.69, 9.17) is 4.74 Å². The highest BCUT2D eigenvalue weighted by Crippen LogP contribution is 2.27. The smallest absolute Gasteiger partial charge is 0.319 e. The van der Waals surface area contributed by atoms with Crippen molar-refractivity contribution < 1.29 is 9.53 Å². The van der Waals surface area contributed by atoms with Gasteiger partial charge in [-0.2, -0.15) is 0 Å². The maximum absolute atomic E-state index is 11.9. The van der Waals surface area contributed by atoms with Crippen LogP contribution in [0.2, 0.25) is 0 Å². The standard InChI is InChI=1S/C17H26N2O2/c1-13(2)21-12-6-11-18-17(20)19-16-10-5-8-14-7-3-4-9-15(14)16/h5,8,10,13H,3-4,6-7,9,11-12H2,1-2H3,(H2,18,19,20). The van der Waals surface area contributed by atoms with Crippen molar-refractivity contribution in [1.82, 2.24) is 5.32 Å². The van der Waals surface area contributed by atoms with Gasteiger partial charge in [0.25, 0.3) is 0 Å². The van der Waals surface area contributed by atoms with Gasteiger partial charge < -0.3 is 15.4 Å². The number of hydrogen-bond donors (Lipinski definition) is 2. The first-order valence-electron chi connectivity index (χ1n) is 7.94. The normalized spacial score (nSPS) is 13.9. The molecule has 0 bridgehead atoms. The first-order valence-corrected chi connectivity index (χ1v) is 7.94. The minimum absolute atomic E-state index is 0.126. The zero-order valence-electron chi connectivity index (χ0n) is 13.1. The van der Waals surface area contributed by atoms with Gasteiger partial charge in [-0.1, -0.05) is 12.1 Å². The molecular weight excluding hydrogens is 264 g/mol. The number of ether oxygens (including phenoxy) is 1. The third kappa shape index (κ3) is 5.05. The molecule has 0 radical (unpaired) electrons. The number of rotatable bonds is 6. The van der Waals surface area contributed by atoms with Crippen LogP contribution in [0.25, 0.3) is 0 Å². The molecule has 1 aliphatic rings. The molecule has 0 aliphatic heterocycles. The summed E-state index contributed by atoms with van der Waals surface area (Å²) in [6.45, 7) is 5.34. The van der Waals surface area contributed by atoms with Crippen molar-refractivity contribution in [3.05, 3.63) is 29.3 Å². The Labute approximate surface area is 127 Å². The number of benzene rings is 1. The topological polar surface area (TPSA) is 50.4 Å². The number of fused-ring (bicyclic) bond motifs is 1. The number of carbonyl (C=O) groups is 1. The molecule has 2 N–H and O–H groups in total. The molecule has 0 fully saturated rings. The highest BCUT2D eigenvalue weighted by atomic mass is 16.5. The van der Waals surface area contributed by atoms with Crippen molar-refractivity contribution >= 4 is 11.7 Å². The van der Waals surface area contributed by atoms with Crippen molar-refractivity contribution in [3.8, 4) is 0 Å². The molecule has 0 aromatic heterocycles. The lowest BCUT2D eigenvalue weighted by Gasteiger charge is -2.19. The van der Waals surface area contributed by atoms with Crippen LogP contribution in [0.4, 0.5) is 10.5 Å². The van der Waals surface area contributed by atoms with Crippen molar-refractivity contribution in [2.24, 2.45) is 0 Å². The van der Waals surface area contributed by atoms with Gasteiger partial charge in [0.15, 0.2) is 0 Å². The van der Waals surface area contributed by atoms with Crippen LogP contribution in [0.5, 0.6) is 0 Å². The molecule has 1 aromatic rings. The van der Waals surface area contributed by atoms with Crippen LogP contribution in [-0.2, 0) is 17.6 Å². The molecule has 0 heterocycles. The third-order valence-electron chi connectivity index (χ3n) is 3.70. The molecule has 4 nitrogen and oxygen atoms in total. The van der Waals surface area contributed by atoms with E-state index in [-0.39, 0.29) is 12.1 Å². The van der Waals surface area contributed by atoms with Crippen LogP contribution in [0.1, 0.15) is 44.2 Å². The van der Waals surface area contributed by atoms with E-state index >= 15 is 0 Å². The minimum Gasteiger partial charge on any atom is -0.379 e. The molecule has 0 atom stereocenters. The first kappa shape index (κ1) is 15.8. The van der Waals surface area contributed by atoms with Crippen molar-refractivity contribution in [1.29, 1.82) is 0 Å². The Morgan fingerprint density at radius 1 is 1.29 bits per heavy atom. The van der Waals surface area contributed by atoms with E-state index in [1.807, 2.05) is 26.0 Å². The van der Waals surface area contributed by atoms with Crippen molar-refractivity contribution in [2.45, 2.75) is 52.1 Å². The van der Waals surface area contributed by atoms with E-state index in [2.05, 4.69) is 16.7 Å². The maximum Gasteiger partial charge on any atom is 0.319 e. The lowest BCUT2D eigenvalue weighted by Crippen LogP contribution is -2.30. The fourth-order valence-electron chi connectivity index (χ4n) is 2.66. The van der Waals surface area contributed by atoms with Gasteiger partial charge in [0.05, 0.1) is 6.10 Å². The highest BCUT2D eigenvalue weighted by Gasteiger charge is 2.14. The SMILES string of the molecule is CC(C)OCCCNC(=O)Nc1cccc2c1CCCC2. The van der Waals surface area contributed by atoms with E-state index in [0.717, 1.165) is 24.9 Å². The second-order valence-electron chi connectivity index (χ2n) is 5.80. The highest BCUT2D eigenvalue weighted by molar-refractivity contribution is 5.90. The fourth-order valence-corrected chi connectivity index (χ4v) is 2.66. The molecule has 116 valence electrons. The number of carbonyl (C=O) groups excluding carboxylic acids is 1. The van der Waals surface area contributed by atoms with Gasteiger partial charge in [0.2, 0.25) is 0 Å². The summed E-state index contributed by atoms with van der Waals surface area (Å²) in [6.07, 6.45) is 5.72. The molecule has 2 rings (SSSR count). The minimum atomic E-state index is -0.126. The van der Waals surface area contributed by atoms with Gasteiger partial charge >= 0.3 is 6.03 Å². The number of aryl methyl sites for hydroxylation is 1. The summed E-state index contributed by atoms with van der Waals surface area (Å²) in [5.41, 5.74) is 3.65. The fraction of sp³-hybridized carbons (Fsp3) is 0.588. The Morgan fingerprint density at radius 2 is 2.10 bits per heavy atom. The molecule has 2 amide bonds. The Balaban J connectivity index is 1.78. The molecule has 21 heavy (non-hydrogen) atoms. The lowest BCUT2D eigenvalue weighted by atomic mass is 9.90. The number of amides is 2. The van der Waals surface area contributed by atoms with Crippen LogP contribution in [0, 0.1) is 0 Å². The number of anilines is 1. The van der Waals surface area contributed by atoms with Crippen molar-refractivity contribution in [3.63, 3.8) is 0 Å². The van der Waals surface area contributed by atoms with Crippen LogP contribution in [0.15, 0.2) is 18.2 Å². The molecular formula is C17H26N2O2. The van der Waals surface area contributed by atoms with Crippen LogP contribution in [0.3, 0.4) is 0 Å². The van der Waals surface area contributed by atoms with E-state index in [0.29, 0.717) is 13.2 Å². The molecule has 0 spiro atoms. The van der Waals surface area contributed by atoms with Gasteiger partial charge in [-0.05, 0) is 63.1 Å². The average molecular weight is 290 g/mol. The number of urea groups is 1. The van der Waals surface area contributed by atoms with Crippen molar-refractivity contribution in [2.75, 3.05) is 18.5 Å². The average Bonchev–Trinajstić information content (AvgIpc) is 2.47. The Kier molecular flexibility index (Phi) is 6.05. The van der Waals surface area contributed by atoms with Crippen LogP contribution >= 0.6 is 0 Å². The van der Waals surface area contributed by atoms with Gasteiger partial charge in [-0.15, -0.1) is 0 Å². The van der Waals surface area contributed by atoms with Crippen LogP contribution < -0.4 is 10.6 Å². The molecule has 0 saturated heterocycles. The summed E-state index contributed by atoms with van der Waals surface area (Å²) in [5, 5.41) is 5.86. The summed E-state index contributed by atoms with van der Waals surface area (Å²) in [5.74, 6) is 0. The van der Waals surface area contributed by atoms with Gasteiger partial charge in [-0.25, -0.2) is 4.79 Å². The third-order valence-corrected chi connectivity index (χ3v) is 3.70. The predicted octanol–water partition coefficient (Wildman–Crippen LogP) is 3.50. The molecule has 0 unspecified atom stereocenters. The van der Waals surface area contributed by atoms with E-state index in [1.54, 1.807) is 0 Å². The molecule has 1 aromatic carbocycles. The van der Waals surface area contributed by atoms with Crippen LogP contribution in [-0.4, -0.2) is 25.3 Å². The van der Waals surface area contributed by atoms with Gasteiger partial charge in [0.1, 0.15) is 0 Å². The summed E-state index contributed by atoms with van der Waals surface area (Å²) < 4.78 is 5.44. The summed E-state index contributed by atoms with van der Waals surface area (Å²) in [4.78, 5) is 11.9. The largest absolute Gasteiger partial charge is 0.379 e. The monoisotopic (exact) mass is 290 g/mol. The number of hydrogen-bond acceptors (Lipinski definition) is 2. The second-order valence-corrected chi connectivity index (χ2v) is 5.80. The summed E-state index contributed by atoms with van der Waals surface area (Å²) in [7, 11) is 0. The summed E-state index contributed by atoms with van der Waals surface area (Å²) >= 11 is 0. The first-order chi connectivity index (χ1) is 10.2. The Hall–Kier alpha value is -1.55. The number of nitrogens with one attached hydrogen (secondary N) is 2.